The number of carbonyl (C=O) groups is 2. The van der Waals surface area contributed by atoms with Gasteiger partial charge in [0, 0.05) is 0 Å². The zero-order valence-corrected chi connectivity index (χ0v) is 13.3. The average Bonchev–Trinajstić information content (AvgIpc) is 2.35. The van der Waals surface area contributed by atoms with E-state index in [0.29, 0.717) is 5.56 Å². The van der Waals surface area contributed by atoms with E-state index in [4.69, 9.17) is 25.8 Å². The summed E-state index contributed by atoms with van der Waals surface area (Å²) >= 11 is 5.81. The molecule has 1 atom stereocenters. The van der Waals surface area contributed by atoms with E-state index in [0.717, 1.165) is 11.1 Å². The van der Waals surface area contributed by atoms with Crippen molar-refractivity contribution in [3.05, 3.63) is 34.9 Å². The van der Waals surface area contributed by atoms with Gasteiger partial charge in [-0.15, -0.1) is 0 Å². The molecule has 0 aliphatic rings. The molecule has 0 heterocycles. The number of aryl methyl sites for hydroxylation is 2. The van der Waals surface area contributed by atoms with Gasteiger partial charge in [0.05, 0.1) is 11.7 Å². The van der Waals surface area contributed by atoms with Crippen LogP contribution in [0.5, 0.6) is 0 Å². The Kier molecular flexibility index (Phi) is 6.49. The molecule has 1 rings (SSSR count). The Hall–Kier alpha value is -1.75. The van der Waals surface area contributed by atoms with Crippen molar-refractivity contribution in [3.63, 3.8) is 0 Å². The van der Waals surface area contributed by atoms with Gasteiger partial charge < -0.3 is 14.2 Å². The summed E-state index contributed by atoms with van der Waals surface area (Å²) in [6.07, 6.45) is -1.14. The van der Waals surface area contributed by atoms with Crippen LogP contribution in [-0.2, 0) is 14.2 Å². The number of carbonyl (C=O) groups excluding carboxylic acids is 2. The molecule has 1 aromatic rings. The zero-order valence-electron chi connectivity index (χ0n) is 12.5. The molecule has 0 saturated carbocycles. The Morgan fingerprint density at radius 1 is 1.19 bits per heavy atom. The maximum atomic E-state index is 11.9. The van der Waals surface area contributed by atoms with Crippen LogP contribution in [0.25, 0.3) is 0 Å². The Morgan fingerprint density at radius 2 is 1.86 bits per heavy atom. The number of alkyl halides is 1. The molecule has 0 spiro atoms. The molecule has 6 heteroatoms. The lowest BCUT2D eigenvalue weighted by molar-refractivity contribution is 0.00484. The van der Waals surface area contributed by atoms with Crippen molar-refractivity contribution in [2.24, 2.45) is 0 Å². The molecular formula is C15H19ClO5. The van der Waals surface area contributed by atoms with Gasteiger partial charge in [-0.2, -0.15) is 0 Å². The second-order valence-electron chi connectivity index (χ2n) is 4.86. The topological polar surface area (TPSA) is 61.8 Å². The first kappa shape index (κ1) is 17.3. The SMILES string of the molecule is Cc1ccc(C(=O)OC(Cl)COC(=O)OC(C)C)c(C)c1. The molecule has 5 nitrogen and oxygen atoms in total. The van der Waals surface area contributed by atoms with Gasteiger partial charge in [-0.25, -0.2) is 9.59 Å². The van der Waals surface area contributed by atoms with E-state index in [9.17, 15) is 9.59 Å². The third kappa shape index (κ3) is 6.04. The minimum atomic E-state index is -1.07. The lowest BCUT2D eigenvalue weighted by Gasteiger charge is -2.14. The number of ether oxygens (including phenoxy) is 3. The van der Waals surface area contributed by atoms with Crippen LogP contribution in [0.1, 0.15) is 35.3 Å². The fourth-order valence-electron chi connectivity index (χ4n) is 1.62. The van der Waals surface area contributed by atoms with Crippen LogP contribution in [0.15, 0.2) is 18.2 Å². The zero-order chi connectivity index (χ0) is 16.0. The van der Waals surface area contributed by atoms with E-state index in [-0.39, 0.29) is 12.7 Å². The summed E-state index contributed by atoms with van der Waals surface area (Å²) in [4.78, 5) is 23.1. The van der Waals surface area contributed by atoms with Crippen LogP contribution in [-0.4, -0.2) is 30.4 Å². The normalized spacial score (nSPS) is 11.9. The van der Waals surface area contributed by atoms with Gasteiger partial charge in [0.2, 0.25) is 5.56 Å². The summed E-state index contributed by atoms with van der Waals surface area (Å²) in [5.41, 5.74) is 1.20. The fraction of sp³-hybridized carbons (Fsp3) is 0.467. The number of halogens is 1. The molecule has 0 N–H and O–H groups in total. The van der Waals surface area contributed by atoms with Gasteiger partial charge in [-0.3, -0.25) is 0 Å². The van der Waals surface area contributed by atoms with Crippen molar-refractivity contribution >= 4 is 23.7 Å². The molecule has 0 radical (unpaired) electrons. The second-order valence-corrected chi connectivity index (χ2v) is 5.35. The number of hydrogen-bond donors (Lipinski definition) is 0. The van der Waals surface area contributed by atoms with Crippen LogP contribution in [0.3, 0.4) is 0 Å². The van der Waals surface area contributed by atoms with Crippen molar-refractivity contribution in [3.8, 4) is 0 Å². The maximum absolute atomic E-state index is 11.9. The fourth-order valence-corrected chi connectivity index (χ4v) is 1.76. The van der Waals surface area contributed by atoms with Crippen LogP contribution in [0.2, 0.25) is 0 Å². The number of hydrogen-bond acceptors (Lipinski definition) is 5. The minimum Gasteiger partial charge on any atom is -0.439 e. The van der Waals surface area contributed by atoms with Crippen molar-refractivity contribution in [1.82, 2.24) is 0 Å². The lowest BCUT2D eigenvalue weighted by Crippen LogP contribution is -2.22. The van der Waals surface area contributed by atoms with E-state index < -0.39 is 17.7 Å². The summed E-state index contributed by atoms with van der Waals surface area (Å²) in [5, 5.41) is 0. The smallest absolute Gasteiger partial charge is 0.439 e. The molecule has 0 aromatic heterocycles. The Balaban J connectivity index is 2.49. The van der Waals surface area contributed by atoms with Gasteiger partial charge >= 0.3 is 12.1 Å². The highest BCUT2D eigenvalue weighted by molar-refractivity contribution is 6.20. The summed E-state index contributed by atoms with van der Waals surface area (Å²) in [5.74, 6) is -0.562. The largest absolute Gasteiger partial charge is 0.508 e. The maximum Gasteiger partial charge on any atom is 0.508 e. The number of rotatable bonds is 5. The molecule has 1 aromatic carbocycles. The second kappa shape index (κ2) is 7.88. The first-order valence-corrected chi connectivity index (χ1v) is 6.99. The highest BCUT2D eigenvalue weighted by Gasteiger charge is 2.18. The third-order valence-electron chi connectivity index (χ3n) is 2.50. The monoisotopic (exact) mass is 314 g/mol. The van der Waals surface area contributed by atoms with E-state index in [2.05, 4.69) is 0 Å². The molecular weight excluding hydrogens is 296 g/mol. The van der Waals surface area contributed by atoms with Gasteiger partial charge in [0.25, 0.3) is 0 Å². The minimum absolute atomic E-state index is 0.274. The standard InChI is InChI=1S/C15H19ClO5/c1-9(2)20-15(18)19-8-13(16)21-14(17)12-6-5-10(3)7-11(12)4/h5-7,9,13H,8H2,1-4H3. The van der Waals surface area contributed by atoms with Crippen LogP contribution < -0.4 is 0 Å². The summed E-state index contributed by atoms with van der Waals surface area (Å²) in [7, 11) is 0. The predicted octanol–water partition coefficient (Wildman–Crippen LogP) is 3.59. The van der Waals surface area contributed by atoms with E-state index in [1.54, 1.807) is 19.9 Å². The highest BCUT2D eigenvalue weighted by Crippen LogP contribution is 2.14. The quantitative estimate of drug-likeness (QED) is 0.614. The Bertz CT molecular complexity index is 513. The van der Waals surface area contributed by atoms with Crippen molar-refractivity contribution < 1.29 is 23.8 Å². The van der Waals surface area contributed by atoms with E-state index >= 15 is 0 Å². The van der Waals surface area contributed by atoms with Gasteiger partial charge in [0.15, 0.2) is 0 Å². The van der Waals surface area contributed by atoms with Crippen LogP contribution >= 0.6 is 11.6 Å². The first-order valence-electron chi connectivity index (χ1n) is 6.55. The molecule has 21 heavy (non-hydrogen) atoms. The molecule has 0 aliphatic carbocycles. The third-order valence-corrected chi connectivity index (χ3v) is 2.72. The van der Waals surface area contributed by atoms with Gasteiger partial charge in [-0.05, 0) is 39.3 Å². The van der Waals surface area contributed by atoms with Crippen molar-refractivity contribution in [2.75, 3.05) is 6.61 Å². The Labute approximate surface area is 129 Å². The van der Waals surface area contributed by atoms with E-state index in [1.807, 2.05) is 26.0 Å². The molecule has 0 saturated heterocycles. The number of benzene rings is 1. The number of esters is 1. The summed E-state index contributed by atoms with van der Waals surface area (Å²) in [6.45, 7) is 6.85. The van der Waals surface area contributed by atoms with E-state index in [1.165, 1.54) is 0 Å². The molecule has 0 fully saturated rings. The molecule has 0 amide bonds. The van der Waals surface area contributed by atoms with Crippen LogP contribution in [0.4, 0.5) is 4.79 Å². The summed E-state index contributed by atoms with van der Waals surface area (Å²) < 4.78 is 14.5. The highest BCUT2D eigenvalue weighted by atomic mass is 35.5. The Morgan fingerprint density at radius 3 is 2.43 bits per heavy atom. The van der Waals surface area contributed by atoms with Crippen molar-refractivity contribution in [2.45, 2.75) is 39.4 Å². The predicted molar refractivity (Wildman–Crippen MR) is 78.5 cm³/mol. The molecule has 0 aliphatic heterocycles. The first-order chi connectivity index (χ1) is 9.79. The average molecular weight is 315 g/mol. The van der Waals surface area contributed by atoms with Crippen LogP contribution in [0, 0.1) is 13.8 Å². The van der Waals surface area contributed by atoms with Crippen molar-refractivity contribution in [1.29, 1.82) is 0 Å². The molecule has 116 valence electrons. The summed E-state index contributed by atoms with van der Waals surface area (Å²) in [6, 6.07) is 5.35. The molecule has 0 bridgehead atoms. The van der Waals surface area contributed by atoms with Gasteiger partial charge in [-0.1, -0.05) is 29.3 Å². The van der Waals surface area contributed by atoms with Gasteiger partial charge in [0.1, 0.15) is 6.61 Å². The lowest BCUT2D eigenvalue weighted by atomic mass is 10.1. The molecule has 1 unspecified atom stereocenters.